The Balaban J connectivity index is 1.79. The van der Waals surface area contributed by atoms with E-state index < -0.39 is 0 Å². The monoisotopic (exact) mass is 364 g/mol. The molecule has 0 saturated heterocycles. The van der Waals surface area contributed by atoms with Crippen LogP contribution in [-0.2, 0) is 0 Å². The maximum atomic E-state index is 10.1. The summed E-state index contributed by atoms with van der Waals surface area (Å²) in [7, 11) is 2.99. The van der Waals surface area contributed by atoms with Crippen molar-refractivity contribution < 1.29 is 14.6 Å². The molecule has 0 fully saturated rings. The molecule has 4 rings (SSSR count). The average molecular weight is 364 g/mol. The molecule has 0 radical (unpaired) electrons. The molecule has 2 aromatic heterocycles. The molecular weight excluding hydrogens is 344 g/mol. The third-order valence-electron chi connectivity index (χ3n) is 4.64. The molecule has 4 aromatic rings. The molecule has 0 bridgehead atoms. The van der Waals surface area contributed by atoms with Gasteiger partial charge in [-0.2, -0.15) is 5.10 Å². The van der Waals surface area contributed by atoms with Gasteiger partial charge in [-0.15, -0.1) is 0 Å². The highest BCUT2D eigenvalue weighted by atomic mass is 16.5. The molecule has 27 heavy (non-hydrogen) atoms. The number of ether oxygens (including phenoxy) is 2. The Morgan fingerprint density at radius 1 is 1.07 bits per heavy atom. The number of fused-ring (bicyclic) bond motifs is 1. The van der Waals surface area contributed by atoms with Gasteiger partial charge in [0.05, 0.1) is 26.5 Å². The molecule has 0 aliphatic carbocycles. The van der Waals surface area contributed by atoms with Crippen LogP contribution >= 0.6 is 0 Å². The van der Waals surface area contributed by atoms with Gasteiger partial charge in [0, 0.05) is 5.56 Å². The minimum atomic E-state index is -0.0382. The normalized spacial score (nSPS) is 12.3. The van der Waals surface area contributed by atoms with Crippen LogP contribution in [0.3, 0.4) is 0 Å². The standard InChI is InChI=1S/C20H20N4O3/c1-12(13-7-5-4-6-8-13)24-20-15(11-21-24)22-19(23-20)14-9-16(26-2)18(25)17(10-14)27-3/h4-12,25H,1-3H3,(H,22,23)/t12-/m1/s1. The second-order valence-corrected chi connectivity index (χ2v) is 6.23. The van der Waals surface area contributed by atoms with E-state index in [1.54, 1.807) is 18.3 Å². The Hall–Kier alpha value is -3.48. The molecule has 2 heterocycles. The van der Waals surface area contributed by atoms with Crippen molar-refractivity contribution in [3.8, 4) is 28.6 Å². The fourth-order valence-electron chi connectivity index (χ4n) is 3.14. The second-order valence-electron chi connectivity index (χ2n) is 6.23. The lowest BCUT2D eigenvalue weighted by atomic mass is 10.1. The first-order chi connectivity index (χ1) is 13.1. The second kappa shape index (κ2) is 6.68. The lowest BCUT2D eigenvalue weighted by Gasteiger charge is -2.12. The Kier molecular flexibility index (Phi) is 4.19. The van der Waals surface area contributed by atoms with E-state index in [9.17, 15) is 5.11 Å². The zero-order valence-corrected chi connectivity index (χ0v) is 15.3. The van der Waals surface area contributed by atoms with Gasteiger partial charge in [0.1, 0.15) is 11.3 Å². The van der Waals surface area contributed by atoms with Crippen LogP contribution in [0.15, 0.2) is 48.7 Å². The first kappa shape index (κ1) is 17.0. The van der Waals surface area contributed by atoms with Gasteiger partial charge in [0.15, 0.2) is 17.1 Å². The quantitative estimate of drug-likeness (QED) is 0.563. The van der Waals surface area contributed by atoms with Gasteiger partial charge < -0.3 is 19.6 Å². The predicted molar refractivity (Wildman–Crippen MR) is 102 cm³/mol. The van der Waals surface area contributed by atoms with Crippen LogP contribution in [0.2, 0.25) is 0 Å². The zero-order chi connectivity index (χ0) is 19.0. The highest BCUT2D eigenvalue weighted by molar-refractivity contribution is 5.77. The molecule has 0 aliphatic heterocycles. The van der Waals surface area contributed by atoms with Crippen molar-refractivity contribution in [3.63, 3.8) is 0 Å². The van der Waals surface area contributed by atoms with Crippen LogP contribution in [0.25, 0.3) is 22.6 Å². The number of methoxy groups -OCH3 is 2. The van der Waals surface area contributed by atoms with E-state index in [1.807, 2.05) is 22.9 Å². The van der Waals surface area contributed by atoms with E-state index in [0.29, 0.717) is 17.3 Å². The molecule has 0 spiro atoms. The largest absolute Gasteiger partial charge is 0.502 e. The summed E-state index contributed by atoms with van der Waals surface area (Å²) in [6.07, 6.45) is 1.76. The van der Waals surface area contributed by atoms with Gasteiger partial charge >= 0.3 is 0 Å². The number of hydrogen-bond donors (Lipinski definition) is 2. The van der Waals surface area contributed by atoms with E-state index in [1.165, 1.54) is 14.2 Å². The number of nitrogens with zero attached hydrogens (tertiary/aromatic N) is 3. The molecule has 0 aliphatic rings. The van der Waals surface area contributed by atoms with Crippen molar-refractivity contribution in [2.45, 2.75) is 13.0 Å². The highest BCUT2D eigenvalue weighted by Gasteiger charge is 2.18. The lowest BCUT2D eigenvalue weighted by molar-refractivity contribution is 0.340. The lowest BCUT2D eigenvalue weighted by Crippen LogP contribution is -2.08. The highest BCUT2D eigenvalue weighted by Crippen LogP contribution is 2.40. The maximum Gasteiger partial charge on any atom is 0.200 e. The third kappa shape index (κ3) is 2.87. The topological polar surface area (TPSA) is 85.2 Å². The number of aromatic nitrogens is 4. The summed E-state index contributed by atoms with van der Waals surface area (Å²) in [5, 5.41) is 14.6. The predicted octanol–water partition coefficient (Wildman–Crippen LogP) is 3.76. The first-order valence-electron chi connectivity index (χ1n) is 8.56. The van der Waals surface area contributed by atoms with Crippen LogP contribution in [0.1, 0.15) is 18.5 Å². The average Bonchev–Trinajstić information content (AvgIpc) is 3.29. The van der Waals surface area contributed by atoms with Crippen LogP contribution in [0, 0.1) is 0 Å². The number of hydrogen-bond acceptors (Lipinski definition) is 5. The molecular formula is C20H20N4O3. The van der Waals surface area contributed by atoms with E-state index >= 15 is 0 Å². The van der Waals surface area contributed by atoms with Gasteiger partial charge in [-0.1, -0.05) is 30.3 Å². The minimum Gasteiger partial charge on any atom is -0.502 e. The van der Waals surface area contributed by atoms with Gasteiger partial charge in [0.2, 0.25) is 5.75 Å². The molecule has 7 heteroatoms. The fourth-order valence-corrected chi connectivity index (χ4v) is 3.14. The van der Waals surface area contributed by atoms with Crippen LogP contribution < -0.4 is 9.47 Å². The van der Waals surface area contributed by atoms with Gasteiger partial charge in [-0.3, -0.25) is 0 Å². The number of rotatable bonds is 5. The molecule has 138 valence electrons. The molecule has 0 amide bonds. The minimum absolute atomic E-state index is 0.0382. The van der Waals surface area contributed by atoms with E-state index in [0.717, 1.165) is 22.3 Å². The number of benzene rings is 2. The summed E-state index contributed by atoms with van der Waals surface area (Å²) < 4.78 is 12.4. The van der Waals surface area contributed by atoms with Gasteiger partial charge in [0.25, 0.3) is 0 Å². The molecule has 0 saturated carbocycles. The summed E-state index contributed by atoms with van der Waals surface area (Å²) in [6.45, 7) is 2.09. The summed E-state index contributed by atoms with van der Waals surface area (Å²) in [5.41, 5.74) is 3.49. The number of phenols is 1. The third-order valence-corrected chi connectivity index (χ3v) is 4.64. The van der Waals surface area contributed by atoms with Crippen molar-refractivity contribution in [1.29, 1.82) is 0 Å². The first-order valence-corrected chi connectivity index (χ1v) is 8.56. The maximum absolute atomic E-state index is 10.1. The van der Waals surface area contributed by atoms with E-state index in [-0.39, 0.29) is 11.8 Å². The van der Waals surface area contributed by atoms with Crippen molar-refractivity contribution in [1.82, 2.24) is 19.7 Å². The van der Waals surface area contributed by atoms with Gasteiger partial charge in [-0.05, 0) is 24.6 Å². The van der Waals surface area contributed by atoms with Crippen molar-refractivity contribution >= 4 is 11.2 Å². The number of nitrogens with one attached hydrogen (secondary N) is 1. The molecule has 2 N–H and O–H groups in total. The van der Waals surface area contributed by atoms with Crippen LogP contribution in [0.4, 0.5) is 0 Å². The smallest absolute Gasteiger partial charge is 0.200 e. The zero-order valence-electron chi connectivity index (χ0n) is 15.3. The molecule has 1 atom stereocenters. The molecule has 7 nitrogen and oxygen atoms in total. The Morgan fingerprint density at radius 2 is 1.74 bits per heavy atom. The van der Waals surface area contributed by atoms with Crippen molar-refractivity contribution in [2.24, 2.45) is 0 Å². The Bertz CT molecular complexity index is 1060. The van der Waals surface area contributed by atoms with Gasteiger partial charge in [-0.25, -0.2) is 9.67 Å². The van der Waals surface area contributed by atoms with Crippen molar-refractivity contribution in [2.75, 3.05) is 14.2 Å². The fraction of sp³-hybridized carbons (Fsp3) is 0.200. The van der Waals surface area contributed by atoms with E-state index in [4.69, 9.17) is 14.5 Å². The number of phenolic OH excluding ortho intramolecular Hbond substituents is 1. The van der Waals surface area contributed by atoms with Crippen molar-refractivity contribution in [3.05, 3.63) is 54.2 Å². The Labute approximate surface area is 156 Å². The molecule has 0 unspecified atom stereocenters. The number of aromatic hydroxyl groups is 1. The summed E-state index contributed by atoms with van der Waals surface area (Å²) in [6, 6.07) is 13.6. The van der Waals surface area contributed by atoms with E-state index in [2.05, 4.69) is 29.1 Å². The van der Waals surface area contributed by atoms with Crippen LogP contribution in [0.5, 0.6) is 17.2 Å². The Morgan fingerprint density at radius 3 is 2.37 bits per heavy atom. The SMILES string of the molecule is COc1cc(-c2nc3c(cnn3[C@H](C)c3ccccc3)[nH]2)cc(OC)c1O. The number of H-pyrrole nitrogens is 1. The summed E-state index contributed by atoms with van der Waals surface area (Å²) in [4.78, 5) is 8.00. The summed E-state index contributed by atoms with van der Waals surface area (Å²) in [5.74, 6) is 1.25. The van der Waals surface area contributed by atoms with Crippen LogP contribution in [-0.4, -0.2) is 39.1 Å². The number of aromatic amines is 1. The summed E-state index contributed by atoms with van der Waals surface area (Å²) >= 11 is 0. The molecule has 2 aromatic carbocycles. The number of imidazole rings is 1.